The van der Waals surface area contributed by atoms with Crippen LogP contribution in [0.4, 0.5) is 15.8 Å². The van der Waals surface area contributed by atoms with Crippen molar-refractivity contribution in [2.45, 2.75) is 0 Å². The quantitative estimate of drug-likeness (QED) is 0.580. The molecule has 1 N–H and O–H groups in total. The first-order valence-electron chi connectivity index (χ1n) is 5.08. The number of nitrogens with zero attached hydrogens (tertiary/aromatic N) is 1. The van der Waals surface area contributed by atoms with Crippen molar-refractivity contribution in [3.05, 3.63) is 53.3 Å². The highest BCUT2D eigenvalue weighted by Crippen LogP contribution is 2.32. The number of hydrogen-bond acceptors (Lipinski definition) is 4. The van der Waals surface area contributed by atoms with Gasteiger partial charge in [0, 0.05) is 17.8 Å². The lowest BCUT2D eigenvalue weighted by molar-refractivity contribution is -0.387. The zero-order valence-corrected chi connectivity index (χ0v) is 13.5. The summed E-state index contributed by atoms with van der Waals surface area (Å²) in [6, 6.07) is 4.80. The maximum absolute atomic E-state index is 13.4. The van der Waals surface area contributed by atoms with Gasteiger partial charge in [0.2, 0.25) is 5.82 Å². The van der Waals surface area contributed by atoms with Crippen molar-refractivity contribution < 1.29 is 14.1 Å². The summed E-state index contributed by atoms with van der Waals surface area (Å²) in [4.78, 5) is 21.6. The van der Waals surface area contributed by atoms with Gasteiger partial charge in [-0.25, -0.2) is 0 Å². The van der Waals surface area contributed by atoms with Crippen LogP contribution < -0.4 is 5.32 Å². The van der Waals surface area contributed by atoms with Gasteiger partial charge in [-0.3, -0.25) is 14.9 Å². The van der Waals surface area contributed by atoms with E-state index in [1.165, 1.54) is 17.4 Å². The zero-order chi connectivity index (χ0) is 14.9. The first-order chi connectivity index (χ1) is 9.38. The van der Waals surface area contributed by atoms with Crippen molar-refractivity contribution in [2.75, 3.05) is 5.32 Å². The predicted molar refractivity (Wildman–Crippen MR) is 80.7 cm³/mol. The molecule has 0 bridgehead atoms. The highest BCUT2D eigenvalue weighted by atomic mass is 79.9. The van der Waals surface area contributed by atoms with Crippen LogP contribution in [0.25, 0.3) is 0 Å². The van der Waals surface area contributed by atoms with Crippen molar-refractivity contribution in [1.29, 1.82) is 0 Å². The number of hydrogen-bond donors (Lipinski definition) is 1. The van der Waals surface area contributed by atoms with Gasteiger partial charge in [-0.05, 0) is 44.0 Å². The van der Waals surface area contributed by atoms with E-state index in [1.807, 2.05) is 0 Å². The molecule has 1 amide bonds. The normalized spacial score (nSPS) is 10.3. The van der Waals surface area contributed by atoms with Crippen LogP contribution in [-0.2, 0) is 0 Å². The minimum Gasteiger partial charge on any atom is -0.322 e. The van der Waals surface area contributed by atoms with Crippen LogP contribution in [0.5, 0.6) is 0 Å². The maximum atomic E-state index is 13.4. The molecule has 0 atom stereocenters. The van der Waals surface area contributed by atoms with Crippen molar-refractivity contribution in [3.8, 4) is 0 Å². The third kappa shape index (κ3) is 3.22. The summed E-state index contributed by atoms with van der Waals surface area (Å²) < 4.78 is 14.8. The number of benzene rings is 1. The van der Waals surface area contributed by atoms with Gasteiger partial charge in [0.1, 0.15) is 0 Å². The molecule has 20 heavy (non-hydrogen) atoms. The molecular weight excluding hydrogens is 419 g/mol. The van der Waals surface area contributed by atoms with Crippen molar-refractivity contribution in [3.63, 3.8) is 0 Å². The molecule has 1 aromatic heterocycles. The fourth-order valence-electron chi connectivity index (χ4n) is 1.43. The molecule has 0 aliphatic heterocycles. The van der Waals surface area contributed by atoms with Crippen LogP contribution in [0.15, 0.2) is 31.8 Å². The van der Waals surface area contributed by atoms with Gasteiger partial charge in [0.15, 0.2) is 0 Å². The standard InChI is InChI=1S/C11H5Br2FN2O3S/c12-9-4-6(10(13)20-9)11(17)15-5-1-2-8(16(18)19)7(14)3-5/h1-4H,(H,15,17). The third-order valence-corrected chi connectivity index (χ3v) is 4.64. The Morgan fingerprint density at radius 1 is 1.35 bits per heavy atom. The Kier molecular flexibility index (Phi) is 4.51. The van der Waals surface area contributed by atoms with Crippen LogP contribution in [0, 0.1) is 15.9 Å². The monoisotopic (exact) mass is 422 g/mol. The van der Waals surface area contributed by atoms with Gasteiger partial charge in [0.05, 0.1) is 18.1 Å². The summed E-state index contributed by atoms with van der Waals surface area (Å²) in [6.07, 6.45) is 0. The summed E-state index contributed by atoms with van der Waals surface area (Å²) in [5.74, 6) is -1.44. The molecule has 0 unspecified atom stereocenters. The molecule has 0 radical (unpaired) electrons. The lowest BCUT2D eigenvalue weighted by Crippen LogP contribution is -2.11. The Balaban J connectivity index is 2.22. The number of carbonyl (C=O) groups is 1. The number of rotatable bonds is 3. The van der Waals surface area contributed by atoms with Gasteiger partial charge in [-0.2, -0.15) is 4.39 Å². The second-order valence-electron chi connectivity index (χ2n) is 3.62. The molecule has 0 fully saturated rings. The van der Waals surface area contributed by atoms with Crippen LogP contribution >= 0.6 is 43.2 Å². The smallest absolute Gasteiger partial charge is 0.304 e. The van der Waals surface area contributed by atoms with E-state index >= 15 is 0 Å². The number of anilines is 1. The van der Waals surface area contributed by atoms with Crippen molar-refractivity contribution in [2.24, 2.45) is 0 Å². The molecule has 0 saturated carbocycles. The van der Waals surface area contributed by atoms with Crippen molar-refractivity contribution in [1.82, 2.24) is 0 Å². The molecule has 0 aliphatic rings. The van der Waals surface area contributed by atoms with Gasteiger partial charge in [-0.15, -0.1) is 11.3 Å². The van der Waals surface area contributed by atoms with E-state index in [4.69, 9.17) is 0 Å². The number of nitro groups is 1. The van der Waals surface area contributed by atoms with E-state index in [0.717, 1.165) is 15.9 Å². The van der Waals surface area contributed by atoms with E-state index in [0.29, 0.717) is 9.35 Å². The number of nitro benzene ring substituents is 1. The summed E-state index contributed by atoms with van der Waals surface area (Å²) in [6.45, 7) is 0. The highest BCUT2D eigenvalue weighted by Gasteiger charge is 2.17. The average Bonchev–Trinajstić information content (AvgIpc) is 2.68. The summed E-state index contributed by atoms with van der Waals surface area (Å²) >= 11 is 7.81. The zero-order valence-electron chi connectivity index (χ0n) is 9.52. The summed E-state index contributed by atoms with van der Waals surface area (Å²) in [5.41, 5.74) is -0.101. The first-order valence-corrected chi connectivity index (χ1v) is 7.49. The van der Waals surface area contributed by atoms with E-state index in [-0.39, 0.29) is 5.69 Å². The first kappa shape index (κ1) is 15.1. The summed E-state index contributed by atoms with van der Waals surface area (Å²) in [5, 5.41) is 13.0. The number of nitrogens with one attached hydrogen (secondary N) is 1. The van der Waals surface area contributed by atoms with Crippen LogP contribution in [-0.4, -0.2) is 10.8 Å². The second-order valence-corrected chi connectivity index (χ2v) is 7.36. The molecule has 1 heterocycles. The Bertz CT molecular complexity index is 705. The minimum atomic E-state index is -1.00. The molecule has 5 nitrogen and oxygen atoms in total. The van der Waals surface area contributed by atoms with Crippen LogP contribution in [0.3, 0.4) is 0 Å². The fourth-order valence-corrected chi connectivity index (χ4v) is 4.22. The molecular formula is C11H5Br2FN2O3S. The Morgan fingerprint density at radius 2 is 2.05 bits per heavy atom. The number of amides is 1. The Hall–Kier alpha value is -1.32. The SMILES string of the molecule is O=C(Nc1ccc([N+](=O)[O-])c(F)c1)c1cc(Br)sc1Br. The lowest BCUT2D eigenvalue weighted by atomic mass is 10.2. The lowest BCUT2D eigenvalue weighted by Gasteiger charge is -2.04. The van der Waals surface area contributed by atoms with E-state index in [1.54, 1.807) is 6.07 Å². The molecule has 0 spiro atoms. The highest BCUT2D eigenvalue weighted by molar-refractivity contribution is 9.12. The molecule has 0 aliphatic carbocycles. The minimum absolute atomic E-state index is 0.146. The fraction of sp³-hybridized carbons (Fsp3) is 0. The molecule has 9 heteroatoms. The van der Waals surface area contributed by atoms with Gasteiger partial charge >= 0.3 is 5.69 Å². The largest absolute Gasteiger partial charge is 0.322 e. The van der Waals surface area contributed by atoms with E-state index in [9.17, 15) is 19.3 Å². The maximum Gasteiger partial charge on any atom is 0.304 e. The topological polar surface area (TPSA) is 72.2 Å². The Labute approximate surface area is 133 Å². The number of halogens is 3. The molecule has 2 rings (SSSR count). The Morgan fingerprint density at radius 3 is 2.55 bits per heavy atom. The molecule has 0 saturated heterocycles. The molecule has 2 aromatic rings. The molecule has 1 aromatic carbocycles. The van der Waals surface area contributed by atoms with E-state index < -0.39 is 22.3 Å². The second kappa shape index (κ2) is 5.98. The van der Waals surface area contributed by atoms with Crippen molar-refractivity contribution >= 4 is 60.5 Å². The average molecular weight is 424 g/mol. The van der Waals surface area contributed by atoms with Crippen LogP contribution in [0.1, 0.15) is 10.4 Å². The summed E-state index contributed by atoms with van der Waals surface area (Å²) in [7, 11) is 0. The number of carbonyl (C=O) groups excluding carboxylic acids is 1. The molecule has 104 valence electrons. The van der Waals surface area contributed by atoms with Crippen LogP contribution in [0.2, 0.25) is 0 Å². The predicted octanol–water partition coefficient (Wildman–Crippen LogP) is 4.57. The number of thiophene rings is 1. The third-order valence-electron chi connectivity index (χ3n) is 2.30. The van der Waals surface area contributed by atoms with Gasteiger partial charge < -0.3 is 5.32 Å². The van der Waals surface area contributed by atoms with E-state index in [2.05, 4.69) is 37.2 Å². The van der Waals surface area contributed by atoms with Gasteiger partial charge in [0.25, 0.3) is 5.91 Å². The van der Waals surface area contributed by atoms with Gasteiger partial charge in [-0.1, -0.05) is 0 Å².